The third-order valence-electron chi connectivity index (χ3n) is 8.11. The molecule has 4 heterocycles. The zero-order chi connectivity index (χ0) is 28.8. The Kier molecular flexibility index (Phi) is 9.67. The number of fused-ring (bicyclic) bond motifs is 1. The number of carbonyl (C=O) groups is 1. The van der Waals surface area contributed by atoms with Gasteiger partial charge in [-0.05, 0) is 74.3 Å². The molecular formula is C30H38F3N3O5. The third-order valence-corrected chi connectivity index (χ3v) is 8.11. The second-order valence-electron chi connectivity index (χ2n) is 11.1. The van der Waals surface area contributed by atoms with Gasteiger partial charge in [0.05, 0.1) is 12.7 Å². The van der Waals surface area contributed by atoms with Gasteiger partial charge in [0.15, 0.2) is 0 Å². The first kappa shape index (κ1) is 29.6. The number of anilines is 1. The lowest BCUT2D eigenvalue weighted by molar-refractivity contribution is -0.275. The molecule has 41 heavy (non-hydrogen) atoms. The summed E-state index contributed by atoms with van der Waals surface area (Å²) in [6.45, 7) is 3.27. The van der Waals surface area contributed by atoms with Gasteiger partial charge in [0.1, 0.15) is 17.6 Å². The van der Waals surface area contributed by atoms with Gasteiger partial charge in [-0.3, -0.25) is 9.69 Å². The van der Waals surface area contributed by atoms with Crippen LogP contribution in [-0.2, 0) is 27.1 Å². The van der Waals surface area contributed by atoms with Crippen molar-refractivity contribution in [2.24, 2.45) is 0 Å². The molecule has 3 aliphatic heterocycles. The van der Waals surface area contributed by atoms with Crippen LogP contribution in [0.4, 0.5) is 19.0 Å². The van der Waals surface area contributed by atoms with Crippen LogP contribution in [0.3, 0.4) is 0 Å². The monoisotopic (exact) mass is 577 g/mol. The van der Waals surface area contributed by atoms with Crippen molar-refractivity contribution < 1.29 is 37.3 Å². The highest BCUT2D eigenvalue weighted by molar-refractivity contribution is 5.77. The van der Waals surface area contributed by atoms with E-state index in [9.17, 15) is 23.1 Å². The zero-order valence-electron chi connectivity index (χ0n) is 23.1. The fraction of sp³-hybridized carbons (Fsp3) is 0.600. The molecule has 2 aromatic rings. The van der Waals surface area contributed by atoms with Crippen molar-refractivity contribution in [3.63, 3.8) is 0 Å². The number of likely N-dealkylation sites (tertiary alicyclic amines) is 1. The number of carboxylic acid groups (broad SMARTS) is 1. The third kappa shape index (κ3) is 7.90. The van der Waals surface area contributed by atoms with Crippen LogP contribution in [0, 0.1) is 0 Å². The van der Waals surface area contributed by atoms with E-state index in [1.807, 2.05) is 0 Å². The van der Waals surface area contributed by atoms with Crippen molar-refractivity contribution in [3.05, 3.63) is 52.7 Å². The normalized spacial score (nSPS) is 21.8. The van der Waals surface area contributed by atoms with E-state index in [0.717, 1.165) is 68.6 Å². The average molecular weight is 578 g/mol. The summed E-state index contributed by atoms with van der Waals surface area (Å²) in [6, 6.07) is 7.34. The molecule has 3 aliphatic rings. The number of hydrogen-bond donors (Lipinski definition) is 2. The first-order chi connectivity index (χ1) is 19.8. The van der Waals surface area contributed by atoms with Crippen molar-refractivity contribution in [2.75, 3.05) is 44.8 Å². The van der Waals surface area contributed by atoms with Crippen LogP contribution in [0.25, 0.3) is 0 Å². The number of hydrogen-bond acceptors (Lipinski definition) is 7. The lowest BCUT2D eigenvalue weighted by Crippen LogP contribution is -2.34. The molecule has 1 aromatic heterocycles. The minimum absolute atomic E-state index is 0.00543. The fourth-order valence-corrected chi connectivity index (χ4v) is 6.00. The molecular weight excluding hydrogens is 539 g/mol. The molecule has 5 rings (SSSR count). The predicted octanol–water partition coefficient (Wildman–Crippen LogP) is 5.47. The molecule has 0 bridgehead atoms. The number of unbranched alkanes of at least 4 members (excludes halogenated alkanes) is 2. The molecule has 1 aromatic carbocycles. The van der Waals surface area contributed by atoms with E-state index in [0.29, 0.717) is 39.3 Å². The molecule has 0 amide bonds. The molecule has 2 fully saturated rings. The number of rotatable bonds is 12. The number of aliphatic carboxylic acids is 1. The summed E-state index contributed by atoms with van der Waals surface area (Å²) in [5.74, 6) is -0.680. The quantitative estimate of drug-likeness (QED) is 0.321. The SMILES string of the molecule is O=C(O)[C@H](c1cc(C2CCOC2)ccc1OC(F)(F)F)N1CC[C@@H](OCCCCCc2ccc3c(n2)NCCC3)C1. The number of ether oxygens (including phenoxy) is 3. The number of alkyl halides is 3. The molecule has 0 radical (unpaired) electrons. The second-order valence-corrected chi connectivity index (χ2v) is 11.1. The molecule has 8 nitrogen and oxygen atoms in total. The van der Waals surface area contributed by atoms with Crippen LogP contribution in [-0.4, -0.2) is 72.9 Å². The number of aromatic nitrogens is 1. The van der Waals surface area contributed by atoms with E-state index in [1.165, 1.54) is 11.6 Å². The van der Waals surface area contributed by atoms with E-state index >= 15 is 0 Å². The van der Waals surface area contributed by atoms with Gasteiger partial charge in [-0.15, -0.1) is 13.2 Å². The van der Waals surface area contributed by atoms with Gasteiger partial charge in [0.2, 0.25) is 0 Å². The van der Waals surface area contributed by atoms with Gasteiger partial charge in [-0.25, -0.2) is 4.98 Å². The van der Waals surface area contributed by atoms with Crippen LogP contribution in [0.1, 0.15) is 72.9 Å². The lowest BCUT2D eigenvalue weighted by Gasteiger charge is -2.27. The number of pyridine rings is 1. The Bertz CT molecular complexity index is 1190. The van der Waals surface area contributed by atoms with Crippen molar-refractivity contribution in [1.29, 1.82) is 0 Å². The van der Waals surface area contributed by atoms with Crippen molar-refractivity contribution in [1.82, 2.24) is 9.88 Å². The topological polar surface area (TPSA) is 93.2 Å². The number of nitrogens with zero attached hydrogens (tertiary/aromatic N) is 2. The van der Waals surface area contributed by atoms with Gasteiger partial charge >= 0.3 is 12.3 Å². The number of halogens is 3. The highest BCUT2D eigenvalue weighted by atomic mass is 19.4. The Labute approximate surface area is 238 Å². The Hall–Kier alpha value is -2.89. The summed E-state index contributed by atoms with van der Waals surface area (Å²) in [5, 5.41) is 13.5. The molecule has 2 saturated heterocycles. The smallest absolute Gasteiger partial charge is 0.480 e. The van der Waals surface area contributed by atoms with E-state index in [1.54, 1.807) is 17.0 Å². The number of carboxylic acids is 1. The van der Waals surface area contributed by atoms with Crippen molar-refractivity contribution in [2.45, 2.75) is 75.8 Å². The lowest BCUT2D eigenvalue weighted by atomic mass is 9.93. The molecule has 3 atom stereocenters. The second kappa shape index (κ2) is 13.4. The largest absolute Gasteiger partial charge is 0.573 e. The molecule has 224 valence electrons. The minimum Gasteiger partial charge on any atom is -0.480 e. The van der Waals surface area contributed by atoms with Gasteiger partial charge < -0.3 is 24.6 Å². The van der Waals surface area contributed by atoms with E-state index in [-0.39, 0.29) is 17.6 Å². The summed E-state index contributed by atoms with van der Waals surface area (Å²) in [7, 11) is 0. The average Bonchev–Trinajstić information content (AvgIpc) is 3.64. The summed E-state index contributed by atoms with van der Waals surface area (Å²) in [4.78, 5) is 18.8. The highest BCUT2D eigenvalue weighted by Crippen LogP contribution is 2.38. The van der Waals surface area contributed by atoms with E-state index < -0.39 is 24.1 Å². The molecule has 11 heteroatoms. The molecule has 2 N–H and O–H groups in total. The maximum Gasteiger partial charge on any atom is 0.573 e. The van der Waals surface area contributed by atoms with Crippen LogP contribution >= 0.6 is 0 Å². The Morgan fingerprint density at radius 1 is 1.20 bits per heavy atom. The Morgan fingerprint density at radius 3 is 2.85 bits per heavy atom. The zero-order valence-corrected chi connectivity index (χ0v) is 23.1. The number of benzene rings is 1. The summed E-state index contributed by atoms with van der Waals surface area (Å²) >= 11 is 0. The van der Waals surface area contributed by atoms with Crippen LogP contribution in [0.2, 0.25) is 0 Å². The van der Waals surface area contributed by atoms with E-state index in [2.05, 4.69) is 22.2 Å². The number of aryl methyl sites for hydroxylation is 2. The van der Waals surface area contributed by atoms with Gasteiger partial charge in [-0.2, -0.15) is 0 Å². The maximum atomic E-state index is 13.2. The van der Waals surface area contributed by atoms with Crippen molar-refractivity contribution in [3.8, 4) is 5.75 Å². The van der Waals surface area contributed by atoms with Gasteiger partial charge in [0, 0.05) is 50.0 Å². The fourth-order valence-electron chi connectivity index (χ4n) is 6.00. The Balaban J connectivity index is 1.13. The maximum absolute atomic E-state index is 13.2. The van der Waals surface area contributed by atoms with Crippen LogP contribution in [0.5, 0.6) is 5.75 Å². The van der Waals surface area contributed by atoms with E-state index in [4.69, 9.17) is 14.5 Å². The molecule has 0 aliphatic carbocycles. The van der Waals surface area contributed by atoms with Crippen LogP contribution in [0.15, 0.2) is 30.3 Å². The Morgan fingerprint density at radius 2 is 2.07 bits per heavy atom. The van der Waals surface area contributed by atoms with Crippen LogP contribution < -0.4 is 10.1 Å². The molecule has 0 saturated carbocycles. The predicted molar refractivity (Wildman–Crippen MR) is 146 cm³/mol. The standard InChI is InChI=1S/C30H38F3N3O5/c31-30(32,33)41-26-10-8-21(22-12-16-39-19-22)17-25(26)27(29(37)38)36-14-11-24(18-36)40-15-3-1-2-6-23-9-7-20-5-4-13-34-28(20)35-23/h7-10,17,22,24,27H,1-6,11-16,18-19H2,(H,34,35)(H,37,38)/t22?,24-,27+/m1/s1. The summed E-state index contributed by atoms with van der Waals surface area (Å²) in [6.07, 6.45) is 2.21. The summed E-state index contributed by atoms with van der Waals surface area (Å²) in [5.41, 5.74) is 3.13. The highest BCUT2D eigenvalue weighted by Gasteiger charge is 2.39. The summed E-state index contributed by atoms with van der Waals surface area (Å²) < 4.78 is 55.3. The first-order valence-electron chi connectivity index (χ1n) is 14.6. The van der Waals surface area contributed by atoms with Crippen molar-refractivity contribution >= 4 is 11.8 Å². The number of nitrogens with one attached hydrogen (secondary N) is 1. The molecule has 0 spiro atoms. The molecule has 1 unspecified atom stereocenters. The van der Waals surface area contributed by atoms with Gasteiger partial charge in [-0.1, -0.05) is 18.6 Å². The van der Waals surface area contributed by atoms with Gasteiger partial charge in [0.25, 0.3) is 0 Å². The minimum atomic E-state index is -4.93. The first-order valence-corrected chi connectivity index (χ1v) is 14.6.